The molecule has 0 aromatic carbocycles. The van der Waals surface area contributed by atoms with E-state index < -0.39 is 5.60 Å². The zero-order chi connectivity index (χ0) is 17.3. The first kappa shape index (κ1) is 16.4. The van der Waals surface area contributed by atoms with E-state index in [2.05, 4.69) is 26.7 Å². The number of carbonyl (C=O) groups excluding carboxylic acids is 1. The second kappa shape index (κ2) is 4.98. The molecule has 2 nitrogen and oxygen atoms in total. The first-order valence-electron chi connectivity index (χ1n) is 9.70. The van der Waals surface area contributed by atoms with Gasteiger partial charge in [0, 0.05) is 11.8 Å². The third-order valence-electron chi connectivity index (χ3n) is 8.76. The van der Waals surface area contributed by atoms with E-state index in [0.717, 1.165) is 38.5 Å². The number of aliphatic hydroxyl groups is 1. The Morgan fingerprint density at radius 2 is 1.96 bits per heavy atom. The molecule has 4 rings (SSSR count). The molecule has 3 fully saturated rings. The van der Waals surface area contributed by atoms with Crippen LogP contribution in [0.2, 0.25) is 0 Å². The second-order valence-electron chi connectivity index (χ2n) is 9.47. The molecule has 0 bridgehead atoms. The average Bonchev–Trinajstić information content (AvgIpc) is 2.76. The molecule has 0 heterocycles. The van der Waals surface area contributed by atoms with Gasteiger partial charge in [-0.3, -0.25) is 4.79 Å². The van der Waals surface area contributed by atoms with Crippen LogP contribution in [0.5, 0.6) is 0 Å². The maximum Gasteiger partial charge on any atom is 0.155 e. The molecule has 130 valence electrons. The summed E-state index contributed by atoms with van der Waals surface area (Å²) in [5, 5.41) is 11.3. The summed E-state index contributed by atoms with van der Waals surface area (Å²) in [5.74, 6) is 5.10. The summed E-state index contributed by atoms with van der Waals surface area (Å²) in [6.07, 6.45) is 14.9. The van der Waals surface area contributed by atoms with Crippen LogP contribution in [0, 0.1) is 46.8 Å². The van der Waals surface area contributed by atoms with E-state index in [9.17, 15) is 9.90 Å². The Hall–Kier alpha value is -1.07. The van der Waals surface area contributed by atoms with Crippen molar-refractivity contribution in [3.8, 4) is 12.3 Å². The Morgan fingerprint density at radius 3 is 2.67 bits per heavy atom. The first-order chi connectivity index (χ1) is 11.3. The van der Waals surface area contributed by atoms with Gasteiger partial charge in [-0.15, -0.1) is 6.42 Å². The lowest BCUT2D eigenvalue weighted by atomic mass is 9.46. The number of hydrogen-bond acceptors (Lipinski definition) is 2. The van der Waals surface area contributed by atoms with Crippen LogP contribution in [-0.4, -0.2) is 16.5 Å². The van der Waals surface area contributed by atoms with Crippen molar-refractivity contribution in [2.75, 3.05) is 0 Å². The van der Waals surface area contributed by atoms with Crippen molar-refractivity contribution in [3.05, 3.63) is 11.6 Å². The maximum absolute atomic E-state index is 11.9. The highest BCUT2D eigenvalue weighted by molar-refractivity contribution is 5.91. The molecule has 0 amide bonds. The first-order valence-corrected chi connectivity index (χ1v) is 9.70. The molecule has 0 aliphatic heterocycles. The number of rotatable bonds is 0. The molecular weight excluding hydrogens is 296 g/mol. The lowest BCUT2D eigenvalue weighted by Gasteiger charge is -2.58. The molecule has 2 unspecified atom stereocenters. The zero-order valence-electron chi connectivity index (χ0n) is 15.3. The van der Waals surface area contributed by atoms with E-state index >= 15 is 0 Å². The SMILES string of the molecule is C#CC1(O)C(C)C[C@H]2[C@@H]3CCC4=CC(=O)CC[C@]4(C)[C@@H]3CC[C@@]21C. The highest BCUT2D eigenvalue weighted by Gasteiger charge is 2.65. The maximum atomic E-state index is 11.9. The fourth-order valence-electron chi connectivity index (χ4n) is 7.21. The summed E-state index contributed by atoms with van der Waals surface area (Å²) in [5.41, 5.74) is 0.493. The van der Waals surface area contributed by atoms with Crippen LogP contribution in [0.4, 0.5) is 0 Å². The van der Waals surface area contributed by atoms with E-state index in [-0.39, 0.29) is 16.7 Å². The number of terminal acetylenes is 1. The van der Waals surface area contributed by atoms with Gasteiger partial charge in [-0.25, -0.2) is 0 Å². The number of carbonyl (C=O) groups is 1. The molecule has 1 N–H and O–H groups in total. The Labute approximate surface area is 146 Å². The standard InChI is InChI=1S/C22H30O2/c1-5-22(24)14(2)12-19-17-7-6-15-13-16(23)8-10-20(15,3)18(17)9-11-21(19,22)4/h1,13-14,17-19,24H,6-12H2,2-4H3/t14?,17-,18-,19+,20+,21+,22?/m1/s1. The highest BCUT2D eigenvalue weighted by Crippen LogP contribution is 2.68. The fourth-order valence-corrected chi connectivity index (χ4v) is 7.21. The van der Waals surface area contributed by atoms with E-state index in [1.165, 1.54) is 5.57 Å². The van der Waals surface area contributed by atoms with Crippen molar-refractivity contribution < 1.29 is 9.90 Å². The van der Waals surface area contributed by atoms with Crippen LogP contribution in [0.15, 0.2) is 11.6 Å². The predicted octanol–water partition coefficient (Wildman–Crippen LogP) is 4.13. The minimum Gasteiger partial charge on any atom is -0.377 e. The molecule has 4 aliphatic carbocycles. The van der Waals surface area contributed by atoms with Gasteiger partial charge in [0.2, 0.25) is 0 Å². The van der Waals surface area contributed by atoms with Gasteiger partial charge in [-0.05, 0) is 73.7 Å². The Kier molecular flexibility index (Phi) is 3.40. The summed E-state index contributed by atoms with van der Waals surface area (Å²) in [7, 11) is 0. The molecule has 0 aromatic rings. The lowest BCUT2D eigenvalue weighted by molar-refractivity contribution is -0.120. The van der Waals surface area contributed by atoms with Gasteiger partial charge in [-0.2, -0.15) is 0 Å². The molecule has 0 aromatic heterocycles. The minimum absolute atomic E-state index is 0.148. The Morgan fingerprint density at radius 1 is 1.21 bits per heavy atom. The van der Waals surface area contributed by atoms with Crippen molar-refractivity contribution >= 4 is 5.78 Å². The van der Waals surface area contributed by atoms with Gasteiger partial charge < -0.3 is 5.11 Å². The topological polar surface area (TPSA) is 37.3 Å². The summed E-state index contributed by atoms with van der Waals surface area (Å²) < 4.78 is 0. The quantitative estimate of drug-likeness (QED) is 0.680. The minimum atomic E-state index is -0.956. The van der Waals surface area contributed by atoms with Crippen molar-refractivity contribution in [1.29, 1.82) is 0 Å². The molecule has 4 aliphatic rings. The van der Waals surface area contributed by atoms with Gasteiger partial charge >= 0.3 is 0 Å². The number of hydrogen-bond donors (Lipinski definition) is 1. The molecule has 0 spiro atoms. The fraction of sp³-hybridized carbons (Fsp3) is 0.773. The molecular formula is C22H30O2. The van der Waals surface area contributed by atoms with Gasteiger partial charge in [0.15, 0.2) is 5.78 Å². The largest absolute Gasteiger partial charge is 0.377 e. The van der Waals surface area contributed by atoms with Crippen molar-refractivity contribution in [3.63, 3.8) is 0 Å². The van der Waals surface area contributed by atoms with Crippen LogP contribution in [0.3, 0.4) is 0 Å². The van der Waals surface area contributed by atoms with Crippen molar-refractivity contribution in [2.24, 2.45) is 34.5 Å². The Balaban J connectivity index is 1.72. The second-order valence-corrected chi connectivity index (χ2v) is 9.47. The summed E-state index contributed by atoms with van der Waals surface area (Å²) >= 11 is 0. The molecule has 7 atom stereocenters. The number of ketones is 1. The molecule has 3 saturated carbocycles. The smallest absolute Gasteiger partial charge is 0.155 e. The lowest BCUT2D eigenvalue weighted by Crippen LogP contribution is -2.55. The van der Waals surface area contributed by atoms with E-state index in [4.69, 9.17) is 6.42 Å². The highest BCUT2D eigenvalue weighted by atomic mass is 16.3. The number of fused-ring (bicyclic) bond motifs is 5. The molecule has 2 heteroatoms. The van der Waals surface area contributed by atoms with Gasteiger partial charge in [0.05, 0.1) is 0 Å². The third-order valence-corrected chi connectivity index (χ3v) is 8.76. The van der Waals surface area contributed by atoms with E-state index in [1.54, 1.807) is 0 Å². The van der Waals surface area contributed by atoms with Crippen LogP contribution in [-0.2, 0) is 4.79 Å². The zero-order valence-corrected chi connectivity index (χ0v) is 15.3. The van der Waals surface area contributed by atoms with Gasteiger partial charge in [0.1, 0.15) is 5.60 Å². The number of allylic oxidation sites excluding steroid dienone is 1. The average molecular weight is 326 g/mol. The normalized spacial score (nSPS) is 53.5. The van der Waals surface area contributed by atoms with E-state index in [1.807, 2.05) is 6.08 Å². The van der Waals surface area contributed by atoms with Crippen LogP contribution < -0.4 is 0 Å². The summed E-state index contributed by atoms with van der Waals surface area (Å²) in [4.78, 5) is 11.9. The summed E-state index contributed by atoms with van der Waals surface area (Å²) in [6.45, 7) is 6.78. The molecule has 0 radical (unpaired) electrons. The monoisotopic (exact) mass is 326 g/mol. The van der Waals surface area contributed by atoms with Gasteiger partial charge in [0.25, 0.3) is 0 Å². The third kappa shape index (κ3) is 1.80. The Bertz CT molecular complexity index is 655. The van der Waals surface area contributed by atoms with Crippen LogP contribution in [0.1, 0.15) is 65.7 Å². The molecule has 0 saturated heterocycles. The predicted molar refractivity (Wildman–Crippen MR) is 95.0 cm³/mol. The van der Waals surface area contributed by atoms with Crippen molar-refractivity contribution in [1.82, 2.24) is 0 Å². The van der Waals surface area contributed by atoms with E-state index in [0.29, 0.717) is 30.0 Å². The van der Waals surface area contributed by atoms with Crippen LogP contribution in [0.25, 0.3) is 0 Å². The summed E-state index contributed by atoms with van der Waals surface area (Å²) in [6, 6.07) is 0. The van der Waals surface area contributed by atoms with Crippen molar-refractivity contribution in [2.45, 2.75) is 71.3 Å². The van der Waals surface area contributed by atoms with Crippen LogP contribution >= 0.6 is 0 Å². The molecule has 24 heavy (non-hydrogen) atoms. The van der Waals surface area contributed by atoms with Gasteiger partial charge in [-0.1, -0.05) is 32.3 Å².